The molecule has 2 rings (SSSR count). The molecule has 1 aliphatic carbocycles. The van der Waals surface area contributed by atoms with Crippen molar-refractivity contribution in [3.05, 3.63) is 29.8 Å². The van der Waals surface area contributed by atoms with Crippen molar-refractivity contribution < 1.29 is 5.11 Å². The highest BCUT2D eigenvalue weighted by molar-refractivity contribution is 5.38. The Morgan fingerprint density at radius 2 is 1.73 bits per heavy atom. The molecule has 0 aromatic heterocycles. The Morgan fingerprint density at radius 3 is 2.33 bits per heavy atom. The summed E-state index contributed by atoms with van der Waals surface area (Å²) in [4.78, 5) is 0. The normalized spacial score (nSPS) is 18.3. The number of phenolic OH excluding ortho intramolecular Hbond substituents is 1. The zero-order valence-electron chi connectivity index (χ0n) is 9.66. The first-order valence-corrected chi connectivity index (χ1v) is 5.91. The SMILES string of the molecule is CC(C)(c1ccccc1O)C1CCCC1. The van der Waals surface area contributed by atoms with Crippen LogP contribution >= 0.6 is 0 Å². The maximum Gasteiger partial charge on any atom is 0.119 e. The molecule has 1 aromatic rings. The summed E-state index contributed by atoms with van der Waals surface area (Å²) in [6.45, 7) is 4.52. The molecule has 0 radical (unpaired) electrons. The smallest absolute Gasteiger partial charge is 0.119 e. The predicted octanol–water partition coefficient (Wildman–Crippen LogP) is 3.86. The fourth-order valence-corrected chi connectivity index (χ4v) is 2.89. The summed E-state index contributed by atoms with van der Waals surface area (Å²) in [5, 5.41) is 9.91. The molecule has 0 heterocycles. The average molecular weight is 204 g/mol. The Kier molecular flexibility index (Phi) is 2.72. The van der Waals surface area contributed by atoms with Crippen molar-refractivity contribution in [2.75, 3.05) is 0 Å². The van der Waals surface area contributed by atoms with E-state index in [1.807, 2.05) is 12.1 Å². The quantitative estimate of drug-likeness (QED) is 0.775. The highest BCUT2D eigenvalue weighted by atomic mass is 16.3. The number of para-hydroxylation sites is 1. The van der Waals surface area contributed by atoms with Gasteiger partial charge in [0.1, 0.15) is 5.75 Å². The van der Waals surface area contributed by atoms with Crippen LogP contribution in [-0.2, 0) is 5.41 Å². The van der Waals surface area contributed by atoms with E-state index in [0.29, 0.717) is 5.75 Å². The Morgan fingerprint density at radius 1 is 1.13 bits per heavy atom. The van der Waals surface area contributed by atoms with Crippen molar-refractivity contribution in [2.45, 2.75) is 44.9 Å². The van der Waals surface area contributed by atoms with Gasteiger partial charge < -0.3 is 5.11 Å². The van der Waals surface area contributed by atoms with Crippen LogP contribution in [0.3, 0.4) is 0 Å². The van der Waals surface area contributed by atoms with Crippen LogP contribution in [0.5, 0.6) is 5.75 Å². The standard InChI is InChI=1S/C14H20O/c1-14(2,11-7-3-4-8-11)12-9-5-6-10-13(12)15/h5-6,9-11,15H,3-4,7-8H2,1-2H3. The van der Waals surface area contributed by atoms with E-state index in [1.165, 1.54) is 25.7 Å². The van der Waals surface area contributed by atoms with E-state index in [2.05, 4.69) is 19.9 Å². The monoisotopic (exact) mass is 204 g/mol. The van der Waals surface area contributed by atoms with Gasteiger partial charge in [-0.3, -0.25) is 0 Å². The molecule has 15 heavy (non-hydrogen) atoms. The number of benzene rings is 1. The van der Waals surface area contributed by atoms with Crippen LogP contribution in [0, 0.1) is 5.92 Å². The molecule has 0 unspecified atom stereocenters. The number of rotatable bonds is 2. The second-order valence-corrected chi connectivity index (χ2v) is 5.22. The third-order valence-corrected chi connectivity index (χ3v) is 3.97. The van der Waals surface area contributed by atoms with Crippen molar-refractivity contribution in [1.29, 1.82) is 0 Å². The maximum absolute atomic E-state index is 9.91. The zero-order valence-corrected chi connectivity index (χ0v) is 9.66. The molecule has 1 aliphatic rings. The first-order valence-electron chi connectivity index (χ1n) is 5.91. The lowest BCUT2D eigenvalue weighted by Gasteiger charge is -2.32. The number of hydrogen-bond acceptors (Lipinski definition) is 1. The molecule has 1 fully saturated rings. The number of phenols is 1. The summed E-state index contributed by atoms with van der Waals surface area (Å²) in [5.74, 6) is 1.18. The Hall–Kier alpha value is -0.980. The van der Waals surface area contributed by atoms with Gasteiger partial charge in [-0.25, -0.2) is 0 Å². The fourth-order valence-electron chi connectivity index (χ4n) is 2.89. The van der Waals surface area contributed by atoms with Crippen molar-refractivity contribution in [3.8, 4) is 5.75 Å². The maximum atomic E-state index is 9.91. The molecule has 1 nitrogen and oxygen atoms in total. The van der Waals surface area contributed by atoms with Gasteiger partial charge in [0, 0.05) is 0 Å². The van der Waals surface area contributed by atoms with Crippen molar-refractivity contribution in [2.24, 2.45) is 5.92 Å². The summed E-state index contributed by atoms with van der Waals surface area (Å²) in [7, 11) is 0. The van der Waals surface area contributed by atoms with E-state index in [4.69, 9.17) is 0 Å². The minimum atomic E-state index is 0.113. The Bertz CT molecular complexity index is 335. The zero-order chi connectivity index (χ0) is 10.9. The molecule has 0 atom stereocenters. The van der Waals surface area contributed by atoms with Crippen molar-refractivity contribution >= 4 is 0 Å². The van der Waals surface area contributed by atoms with Crippen molar-refractivity contribution in [3.63, 3.8) is 0 Å². The summed E-state index contributed by atoms with van der Waals surface area (Å²) in [6.07, 6.45) is 5.31. The van der Waals surface area contributed by atoms with E-state index in [0.717, 1.165) is 11.5 Å². The summed E-state index contributed by atoms with van der Waals surface area (Å²) in [6, 6.07) is 7.77. The molecule has 1 N–H and O–H groups in total. The van der Waals surface area contributed by atoms with Gasteiger partial charge in [-0.2, -0.15) is 0 Å². The van der Waals surface area contributed by atoms with Crippen LogP contribution in [0.1, 0.15) is 45.1 Å². The molecule has 0 spiro atoms. The van der Waals surface area contributed by atoms with E-state index < -0.39 is 0 Å². The lowest BCUT2D eigenvalue weighted by molar-refractivity contribution is 0.313. The van der Waals surface area contributed by atoms with E-state index in [-0.39, 0.29) is 5.41 Å². The van der Waals surface area contributed by atoms with Gasteiger partial charge in [0.25, 0.3) is 0 Å². The molecule has 0 aliphatic heterocycles. The Balaban J connectivity index is 2.31. The van der Waals surface area contributed by atoms with Crippen LogP contribution in [-0.4, -0.2) is 5.11 Å². The van der Waals surface area contributed by atoms with Gasteiger partial charge in [-0.15, -0.1) is 0 Å². The topological polar surface area (TPSA) is 20.2 Å². The van der Waals surface area contributed by atoms with E-state index in [1.54, 1.807) is 6.07 Å². The minimum Gasteiger partial charge on any atom is -0.508 e. The van der Waals surface area contributed by atoms with Gasteiger partial charge in [0.05, 0.1) is 0 Å². The van der Waals surface area contributed by atoms with Crippen LogP contribution in [0.15, 0.2) is 24.3 Å². The Labute approximate surface area is 92.1 Å². The molecule has 82 valence electrons. The predicted molar refractivity (Wildman–Crippen MR) is 63.1 cm³/mol. The third kappa shape index (κ3) is 1.88. The van der Waals surface area contributed by atoms with Crippen molar-refractivity contribution in [1.82, 2.24) is 0 Å². The highest BCUT2D eigenvalue weighted by Crippen LogP contribution is 2.44. The largest absolute Gasteiger partial charge is 0.508 e. The van der Waals surface area contributed by atoms with Gasteiger partial charge in [-0.1, -0.05) is 44.9 Å². The first kappa shape index (κ1) is 10.5. The number of hydrogen-bond donors (Lipinski definition) is 1. The first-order chi connectivity index (χ1) is 7.12. The molecule has 0 saturated heterocycles. The molecule has 0 bridgehead atoms. The highest BCUT2D eigenvalue weighted by Gasteiger charge is 2.34. The van der Waals surface area contributed by atoms with Crippen LogP contribution in [0.2, 0.25) is 0 Å². The molecule has 1 aromatic carbocycles. The third-order valence-electron chi connectivity index (χ3n) is 3.97. The molecular formula is C14H20O. The molecular weight excluding hydrogens is 184 g/mol. The van der Waals surface area contributed by atoms with Gasteiger partial charge >= 0.3 is 0 Å². The lowest BCUT2D eigenvalue weighted by Crippen LogP contribution is -2.26. The summed E-state index contributed by atoms with van der Waals surface area (Å²) >= 11 is 0. The van der Waals surface area contributed by atoms with Gasteiger partial charge in [-0.05, 0) is 35.8 Å². The minimum absolute atomic E-state index is 0.113. The molecule has 1 saturated carbocycles. The van der Waals surface area contributed by atoms with Crippen LogP contribution in [0.4, 0.5) is 0 Å². The molecule has 1 heteroatoms. The van der Waals surface area contributed by atoms with Gasteiger partial charge in [0.15, 0.2) is 0 Å². The van der Waals surface area contributed by atoms with E-state index in [9.17, 15) is 5.11 Å². The second-order valence-electron chi connectivity index (χ2n) is 5.22. The fraction of sp³-hybridized carbons (Fsp3) is 0.571. The number of aromatic hydroxyl groups is 1. The lowest BCUT2D eigenvalue weighted by atomic mass is 9.72. The van der Waals surface area contributed by atoms with Crippen LogP contribution in [0.25, 0.3) is 0 Å². The average Bonchev–Trinajstić information content (AvgIpc) is 2.71. The summed E-state index contributed by atoms with van der Waals surface area (Å²) < 4.78 is 0. The summed E-state index contributed by atoms with van der Waals surface area (Å²) in [5.41, 5.74) is 1.22. The van der Waals surface area contributed by atoms with E-state index >= 15 is 0 Å². The van der Waals surface area contributed by atoms with Crippen LogP contribution < -0.4 is 0 Å². The second kappa shape index (κ2) is 3.88. The molecule has 0 amide bonds. The van der Waals surface area contributed by atoms with Gasteiger partial charge in [0.2, 0.25) is 0 Å².